The summed E-state index contributed by atoms with van der Waals surface area (Å²) >= 11 is 0. The van der Waals surface area contributed by atoms with Gasteiger partial charge in [-0.2, -0.15) is 0 Å². The van der Waals surface area contributed by atoms with Gasteiger partial charge in [0.25, 0.3) is 0 Å². The second kappa shape index (κ2) is 5.46. The monoisotopic (exact) mass is 251 g/mol. The maximum absolute atomic E-state index is 11.1. The Morgan fingerprint density at radius 3 is 2.13 bits per heavy atom. The molecule has 0 saturated heterocycles. The highest BCUT2D eigenvalue weighted by atomic mass is 35.5. The first-order chi connectivity index (χ1) is 6.45. The Labute approximate surface area is 95.4 Å². The largest absolute Gasteiger partial charge is 0.394 e. The fourth-order valence-corrected chi connectivity index (χ4v) is 1.70. The molecule has 0 aromatic heterocycles. The molecule has 1 atom stereocenters. The minimum Gasteiger partial charge on any atom is -0.394 e. The van der Waals surface area contributed by atoms with E-state index in [9.17, 15) is 8.42 Å². The van der Waals surface area contributed by atoms with E-state index in [4.69, 9.17) is 10.8 Å². The summed E-state index contributed by atoms with van der Waals surface area (Å²) in [6.07, 6.45) is 1.15. The number of hydrogen-bond acceptors (Lipinski definition) is 4. The number of halogens is 1. The van der Waals surface area contributed by atoms with Crippen molar-refractivity contribution in [3.8, 4) is 0 Å². The van der Waals surface area contributed by atoms with E-state index >= 15 is 0 Å². The summed E-state index contributed by atoms with van der Waals surface area (Å²) in [6.45, 7) is -0.155. The third-order valence-electron chi connectivity index (χ3n) is 1.93. The second-order valence-corrected chi connectivity index (χ2v) is 5.15. The Kier molecular flexibility index (Phi) is 5.23. The number of aliphatic hydroxyl groups excluding tert-OH is 1. The average molecular weight is 252 g/mol. The van der Waals surface area contributed by atoms with Crippen LogP contribution in [0.15, 0.2) is 29.2 Å². The lowest BCUT2D eigenvalue weighted by Crippen LogP contribution is -2.14. The van der Waals surface area contributed by atoms with Crippen LogP contribution in [-0.4, -0.2) is 26.4 Å². The van der Waals surface area contributed by atoms with Gasteiger partial charge in [-0.15, -0.1) is 12.4 Å². The first kappa shape index (κ1) is 14.4. The summed E-state index contributed by atoms with van der Waals surface area (Å²) in [5.74, 6) is 0. The molecule has 0 bridgehead atoms. The van der Waals surface area contributed by atoms with Crippen LogP contribution in [0.1, 0.15) is 11.6 Å². The van der Waals surface area contributed by atoms with Gasteiger partial charge in [0, 0.05) is 6.26 Å². The van der Waals surface area contributed by atoms with E-state index in [1.54, 1.807) is 12.1 Å². The summed E-state index contributed by atoms with van der Waals surface area (Å²) in [6, 6.07) is 5.73. The number of nitrogens with two attached hydrogens (primary N) is 1. The lowest BCUT2D eigenvalue weighted by molar-refractivity contribution is 0.268. The zero-order valence-corrected chi connectivity index (χ0v) is 9.88. The Morgan fingerprint density at radius 1 is 1.33 bits per heavy atom. The van der Waals surface area contributed by atoms with Gasteiger partial charge in [-0.05, 0) is 17.7 Å². The highest BCUT2D eigenvalue weighted by molar-refractivity contribution is 7.90. The third kappa shape index (κ3) is 3.79. The molecule has 0 saturated carbocycles. The predicted octanol–water partition coefficient (Wildman–Crippen LogP) is 0.504. The molecule has 4 nitrogen and oxygen atoms in total. The van der Waals surface area contributed by atoms with Crippen molar-refractivity contribution in [3.05, 3.63) is 29.8 Å². The standard InChI is InChI=1S/C9H13NO3S.ClH/c1-14(12,13)8-4-2-7(3-5-8)9(10)6-11;/h2-5,9,11H,6,10H2,1H3;1H/t9-;/m0./s1. The van der Waals surface area contributed by atoms with Crippen LogP contribution in [0.25, 0.3) is 0 Å². The highest BCUT2D eigenvalue weighted by Gasteiger charge is 2.08. The lowest BCUT2D eigenvalue weighted by Gasteiger charge is -2.08. The third-order valence-corrected chi connectivity index (χ3v) is 3.06. The molecule has 0 heterocycles. The molecule has 6 heteroatoms. The summed E-state index contributed by atoms with van der Waals surface area (Å²) in [5, 5.41) is 8.77. The van der Waals surface area contributed by atoms with Crippen molar-refractivity contribution in [1.29, 1.82) is 0 Å². The van der Waals surface area contributed by atoms with E-state index < -0.39 is 15.9 Å². The molecule has 0 unspecified atom stereocenters. The maximum Gasteiger partial charge on any atom is 0.175 e. The minimum atomic E-state index is -3.16. The summed E-state index contributed by atoms with van der Waals surface area (Å²) < 4.78 is 22.2. The topological polar surface area (TPSA) is 80.4 Å². The first-order valence-corrected chi connectivity index (χ1v) is 6.00. The second-order valence-electron chi connectivity index (χ2n) is 3.13. The van der Waals surface area contributed by atoms with Crippen LogP contribution in [0.3, 0.4) is 0 Å². The highest BCUT2D eigenvalue weighted by Crippen LogP contribution is 2.14. The molecule has 86 valence electrons. The van der Waals surface area contributed by atoms with Gasteiger partial charge in [0.05, 0.1) is 17.5 Å². The SMILES string of the molecule is CS(=O)(=O)c1ccc([C@@H](N)CO)cc1.Cl. The normalized spacial score (nSPS) is 13.0. The van der Waals surface area contributed by atoms with Gasteiger partial charge in [0.2, 0.25) is 0 Å². The molecule has 0 radical (unpaired) electrons. The summed E-state index contributed by atoms with van der Waals surface area (Å²) in [4.78, 5) is 0.256. The van der Waals surface area contributed by atoms with E-state index in [1.165, 1.54) is 12.1 Å². The zero-order chi connectivity index (χ0) is 10.8. The van der Waals surface area contributed by atoms with E-state index in [0.717, 1.165) is 11.8 Å². The van der Waals surface area contributed by atoms with E-state index in [2.05, 4.69) is 0 Å². The van der Waals surface area contributed by atoms with Crippen LogP contribution in [0.4, 0.5) is 0 Å². The van der Waals surface area contributed by atoms with Crippen molar-refractivity contribution in [2.75, 3.05) is 12.9 Å². The number of hydrogen-bond donors (Lipinski definition) is 2. The average Bonchev–Trinajstić information content (AvgIpc) is 2.15. The maximum atomic E-state index is 11.1. The molecule has 0 fully saturated rings. The Morgan fingerprint density at radius 2 is 1.80 bits per heavy atom. The van der Waals surface area contributed by atoms with Gasteiger partial charge >= 0.3 is 0 Å². The van der Waals surface area contributed by atoms with E-state index in [1.807, 2.05) is 0 Å². The Hall–Kier alpha value is -0.620. The molecule has 0 spiro atoms. The molecule has 3 N–H and O–H groups in total. The van der Waals surface area contributed by atoms with Crippen LogP contribution < -0.4 is 5.73 Å². The molecule has 0 aliphatic rings. The number of rotatable bonds is 3. The molecule has 0 aliphatic heterocycles. The van der Waals surface area contributed by atoms with Gasteiger partial charge < -0.3 is 10.8 Å². The van der Waals surface area contributed by atoms with Crippen LogP contribution in [0.2, 0.25) is 0 Å². The molecule has 1 aromatic carbocycles. The fraction of sp³-hybridized carbons (Fsp3) is 0.333. The number of aliphatic hydroxyl groups is 1. The van der Waals surface area contributed by atoms with E-state index in [-0.39, 0.29) is 23.9 Å². The van der Waals surface area contributed by atoms with Crippen LogP contribution in [0, 0.1) is 0 Å². The van der Waals surface area contributed by atoms with Crippen LogP contribution in [-0.2, 0) is 9.84 Å². The van der Waals surface area contributed by atoms with Crippen molar-refractivity contribution < 1.29 is 13.5 Å². The van der Waals surface area contributed by atoms with Gasteiger partial charge in [0.1, 0.15) is 0 Å². The lowest BCUT2D eigenvalue weighted by atomic mass is 10.1. The van der Waals surface area contributed by atoms with Gasteiger partial charge in [-0.3, -0.25) is 0 Å². The molecule has 0 aliphatic carbocycles. The molecular formula is C9H14ClNO3S. The molecular weight excluding hydrogens is 238 g/mol. The van der Waals surface area contributed by atoms with Crippen molar-refractivity contribution in [2.24, 2.45) is 5.73 Å². The molecule has 1 aromatic rings. The predicted molar refractivity (Wildman–Crippen MR) is 60.8 cm³/mol. The minimum absolute atomic E-state index is 0. The molecule has 15 heavy (non-hydrogen) atoms. The van der Waals surface area contributed by atoms with Crippen molar-refractivity contribution in [2.45, 2.75) is 10.9 Å². The zero-order valence-electron chi connectivity index (χ0n) is 8.25. The van der Waals surface area contributed by atoms with Gasteiger partial charge in [-0.1, -0.05) is 12.1 Å². The first-order valence-electron chi connectivity index (χ1n) is 4.11. The Bertz CT molecular complexity index is 402. The van der Waals surface area contributed by atoms with Gasteiger partial charge in [0.15, 0.2) is 9.84 Å². The summed E-state index contributed by atoms with van der Waals surface area (Å²) in [5.41, 5.74) is 6.28. The fourth-order valence-electron chi connectivity index (χ4n) is 1.07. The summed E-state index contributed by atoms with van der Waals surface area (Å²) in [7, 11) is -3.16. The quantitative estimate of drug-likeness (QED) is 0.820. The molecule has 0 amide bonds. The van der Waals surface area contributed by atoms with Crippen molar-refractivity contribution in [1.82, 2.24) is 0 Å². The van der Waals surface area contributed by atoms with Crippen LogP contribution >= 0.6 is 12.4 Å². The smallest absolute Gasteiger partial charge is 0.175 e. The Balaban J connectivity index is 0.00000196. The van der Waals surface area contributed by atoms with E-state index in [0.29, 0.717) is 0 Å². The number of benzene rings is 1. The van der Waals surface area contributed by atoms with Crippen molar-refractivity contribution in [3.63, 3.8) is 0 Å². The number of sulfone groups is 1. The molecule has 1 rings (SSSR count). The van der Waals surface area contributed by atoms with Crippen LogP contribution in [0.5, 0.6) is 0 Å². The van der Waals surface area contributed by atoms with Gasteiger partial charge in [-0.25, -0.2) is 8.42 Å². The van der Waals surface area contributed by atoms with Crippen molar-refractivity contribution >= 4 is 22.2 Å².